The second-order valence-corrected chi connectivity index (χ2v) is 7.46. The van der Waals surface area contributed by atoms with Crippen LogP contribution in [0.2, 0.25) is 5.02 Å². The molecule has 0 saturated carbocycles. The fourth-order valence-electron chi connectivity index (χ4n) is 2.20. The number of carbonyl (C=O) groups is 1. The molecule has 2 aromatic rings. The van der Waals surface area contributed by atoms with Gasteiger partial charge in [0, 0.05) is 23.2 Å². The number of hydrogen-bond acceptors (Lipinski definition) is 4. The molecule has 0 aliphatic carbocycles. The third-order valence-corrected chi connectivity index (χ3v) is 5.42. The fourth-order valence-corrected chi connectivity index (χ4v) is 3.44. The maximum atomic E-state index is 12.5. The van der Waals surface area contributed by atoms with E-state index in [2.05, 4.69) is 10.0 Å². The zero-order chi connectivity index (χ0) is 18.6. The van der Waals surface area contributed by atoms with Crippen molar-refractivity contribution in [2.75, 3.05) is 19.0 Å². The van der Waals surface area contributed by atoms with Crippen molar-refractivity contribution in [2.24, 2.45) is 0 Å². The van der Waals surface area contributed by atoms with E-state index in [0.29, 0.717) is 16.5 Å². The summed E-state index contributed by atoms with van der Waals surface area (Å²) < 4.78 is 31.8. The van der Waals surface area contributed by atoms with Crippen molar-refractivity contribution in [3.05, 3.63) is 52.5 Å². The minimum atomic E-state index is -3.64. The standard InChI is InChI=1S/C17H19ClN2O4S/c1-4-19-25(22,23)13-7-5-6-12(9-13)17(21)20-15-8-11(2)14(18)10-16(15)24-3/h5-10,19H,4H2,1-3H3,(H,20,21). The summed E-state index contributed by atoms with van der Waals surface area (Å²) in [7, 11) is -2.16. The molecule has 0 aliphatic heterocycles. The molecule has 0 spiro atoms. The van der Waals surface area contributed by atoms with Gasteiger partial charge in [-0.15, -0.1) is 0 Å². The highest BCUT2D eigenvalue weighted by atomic mass is 35.5. The molecular weight excluding hydrogens is 364 g/mol. The minimum Gasteiger partial charge on any atom is -0.495 e. The van der Waals surface area contributed by atoms with Crippen molar-refractivity contribution in [1.82, 2.24) is 4.72 Å². The van der Waals surface area contributed by atoms with Crippen molar-refractivity contribution in [3.63, 3.8) is 0 Å². The van der Waals surface area contributed by atoms with E-state index in [0.717, 1.165) is 5.56 Å². The Kier molecular flexibility index (Phi) is 6.05. The summed E-state index contributed by atoms with van der Waals surface area (Å²) in [5, 5.41) is 3.24. The Bertz CT molecular complexity index is 898. The minimum absolute atomic E-state index is 0.0289. The topological polar surface area (TPSA) is 84.5 Å². The van der Waals surface area contributed by atoms with Crippen molar-refractivity contribution >= 4 is 33.2 Å². The number of sulfonamides is 1. The van der Waals surface area contributed by atoms with Crippen molar-refractivity contribution in [1.29, 1.82) is 0 Å². The Morgan fingerprint density at radius 3 is 2.60 bits per heavy atom. The van der Waals surface area contributed by atoms with Crippen molar-refractivity contribution in [2.45, 2.75) is 18.7 Å². The van der Waals surface area contributed by atoms with Gasteiger partial charge in [0.15, 0.2) is 0 Å². The van der Waals surface area contributed by atoms with Crippen LogP contribution in [0.3, 0.4) is 0 Å². The Labute approximate surface area is 152 Å². The summed E-state index contributed by atoms with van der Waals surface area (Å²) in [6.45, 7) is 3.75. The average molecular weight is 383 g/mol. The molecule has 2 N–H and O–H groups in total. The summed E-state index contributed by atoms with van der Waals surface area (Å²) in [5.74, 6) is -0.0334. The quantitative estimate of drug-likeness (QED) is 0.803. The number of ether oxygens (including phenoxy) is 1. The second-order valence-electron chi connectivity index (χ2n) is 5.28. The number of hydrogen-bond donors (Lipinski definition) is 2. The molecule has 2 rings (SSSR count). The first kappa shape index (κ1) is 19.2. The largest absolute Gasteiger partial charge is 0.495 e. The molecular formula is C17H19ClN2O4S. The molecule has 0 saturated heterocycles. The number of nitrogens with one attached hydrogen (secondary N) is 2. The van der Waals surface area contributed by atoms with Crippen LogP contribution in [-0.2, 0) is 10.0 Å². The highest BCUT2D eigenvalue weighted by Gasteiger charge is 2.16. The molecule has 8 heteroatoms. The summed E-state index contributed by atoms with van der Waals surface area (Å²) in [4.78, 5) is 12.5. The first-order valence-corrected chi connectivity index (χ1v) is 9.39. The molecule has 0 bridgehead atoms. The highest BCUT2D eigenvalue weighted by molar-refractivity contribution is 7.89. The second kappa shape index (κ2) is 7.86. The van der Waals surface area contributed by atoms with Crippen LogP contribution in [0.5, 0.6) is 5.75 Å². The van der Waals surface area contributed by atoms with Gasteiger partial charge in [-0.3, -0.25) is 4.79 Å². The number of methoxy groups -OCH3 is 1. The van der Waals surface area contributed by atoms with E-state index < -0.39 is 15.9 Å². The SMILES string of the molecule is CCNS(=O)(=O)c1cccc(C(=O)Nc2cc(C)c(Cl)cc2OC)c1. The van der Waals surface area contributed by atoms with Gasteiger partial charge in [-0.2, -0.15) is 0 Å². The van der Waals surface area contributed by atoms with E-state index in [1.54, 1.807) is 26.0 Å². The molecule has 0 radical (unpaired) electrons. The molecule has 25 heavy (non-hydrogen) atoms. The number of halogens is 1. The number of aryl methyl sites for hydroxylation is 1. The third kappa shape index (κ3) is 4.50. The van der Waals surface area contributed by atoms with Crippen LogP contribution in [0.1, 0.15) is 22.8 Å². The Morgan fingerprint density at radius 2 is 1.96 bits per heavy atom. The average Bonchev–Trinajstić information content (AvgIpc) is 2.58. The number of benzene rings is 2. The summed E-state index contributed by atoms with van der Waals surface area (Å²) in [6, 6.07) is 9.11. The van der Waals surface area contributed by atoms with Gasteiger partial charge in [0.2, 0.25) is 10.0 Å². The molecule has 134 valence electrons. The van der Waals surface area contributed by atoms with Gasteiger partial charge in [0.25, 0.3) is 5.91 Å². The van der Waals surface area contributed by atoms with Gasteiger partial charge in [-0.1, -0.05) is 24.6 Å². The van der Waals surface area contributed by atoms with Crippen LogP contribution in [-0.4, -0.2) is 28.0 Å². The number of anilines is 1. The Balaban J connectivity index is 2.32. The van der Waals surface area contributed by atoms with Crippen LogP contribution < -0.4 is 14.8 Å². The molecule has 0 aliphatic rings. The van der Waals surface area contributed by atoms with Crippen LogP contribution in [0.25, 0.3) is 0 Å². The lowest BCUT2D eigenvalue weighted by atomic mass is 10.1. The van der Waals surface area contributed by atoms with Gasteiger partial charge in [0.05, 0.1) is 17.7 Å². The number of rotatable bonds is 6. The van der Waals surface area contributed by atoms with E-state index in [4.69, 9.17) is 16.3 Å². The zero-order valence-electron chi connectivity index (χ0n) is 14.1. The zero-order valence-corrected chi connectivity index (χ0v) is 15.7. The molecule has 0 fully saturated rings. The van der Waals surface area contributed by atoms with Crippen molar-refractivity contribution in [3.8, 4) is 5.75 Å². The highest BCUT2D eigenvalue weighted by Crippen LogP contribution is 2.31. The summed E-state index contributed by atoms with van der Waals surface area (Å²) in [5.41, 5.74) is 1.45. The predicted octanol–water partition coefficient (Wildman–Crippen LogP) is 3.21. The van der Waals surface area contributed by atoms with Crippen LogP contribution in [0, 0.1) is 6.92 Å². The molecule has 1 amide bonds. The summed E-state index contributed by atoms with van der Waals surface area (Å²) in [6.07, 6.45) is 0. The maximum absolute atomic E-state index is 12.5. The van der Waals surface area contributed by atoms with Crippen LogP contribution in [0.4, 0.5) is 5.69 Å². The predicted molar refractivity (Wildman–Crippen MR) is 98.0 cm³/mol. The molecule has 0 unspecified atom stereocenters. The normalized spacial score (nSPS) is 11.2. The monoisotopic (exact) mass is 382 g/mol. The molecule has 0 aromatic heterocycles. The van der Waals surface area contributed by atoms with E-state index >= 15 is 0 Å². The lowest BCUT2D eigenvalue weighted by Crippen LogP contribution is -2.23. The van der Waals surface area contributed by atoms with Gasteiger partial charge in [0.1, 0.15) is 5.75 Å². The first-order valence-electron chi connectivity index (χ1n) is 7.53. The maximum Gasteiger partial charge on any atom is 0.255 e. The van der Waals surface area contributed by atoms with Gasteiger partial charge < -0.3 is 10.1 Å². The number of amides is 1. The molecule has 0 heterocycles. The molecule has 6 nitrogen and oxygen atoms in total. The molecule has 0 atom stereocenters. The van der Waals surface area contributed by atoms with Crippen LogP contribution in [0.15, 0.2) is 41.3 Å². The fraction of sp³-hybridized carbons (Fsp3) is 0.235. The lowest BCUT2D eigenvalue weighted by Gasteiger charge is -2.13. The number of carbonyl (C=O) groups excluding carboxylic acids is 1. The summed E-state index contributed by atoms with van der Waals surface area (Å²) >= 11 is 6.05. The van der Waals surface area contributed by atoms with E-state index in [-0.39, 0.29) is 17.0 Å². The Hall–Kier alpha value is -2.09. The van der Waals surface area contributed by atoms with E-state index in [1.165, 1.54) is 31.4 Å². The lowest BCUT2D eigenvalue weighted by molar-refractivity contribution is 0.102. The third-order valence-electron chi connectivity index (χ3n) is 3.47. The van der Waals surface area contributed by atoms with Crippen molar-refractivity contribution < 1.29 is 17.9 Å². The van der Waals surface area contributed by atoms with E-state index in [1.807, 2.05) is 0 Å². The van der Waals surface area contributed by atoms with E-state index in [9.17, 15) is 13.2 Å². The Morgan fingerprint density at radius 1 is 1.24 bits per heavy atom. The smallest absolute Gasteiger partial charge is 0.255 e. The van der Waals surface area contributed by atoms with Crippen LogP contribution >= 0.6 is 11.6 Å². The van der Waals surface area contributed by atoms with Gasteiger partial charge in [-0.05, 0) is 36.8 Å². The van der Waals surface area contributed by atoms with Gasteiger partial charge >= 0.3 is 0 Å². The molecule has 2 aromatic carbocycles. The first-order chi connectivity index (χ1) is 11.8. The van der Waals surface area contributed by atoms with Gasteiger partial charge in [-0.25, -0.2) is 13.1 Å².